The number of hydrogen-bond donors (Lipinski definition) is 3. The first kappa shape index (κ1) is 21.8. The minimum absolute atomic E-state index is 0.0150. The van der Waals surface area contributed by atoms with Crippen LogP contribution in [0.15, 0.2) is 71.6 Å². The number of carbonyl (C=O) groups is 1. The first-order valence-corrected chi connectivity index (χ1v) is 11.3. The van der Waals surface area contributed by atoms with Crippen LogP contribution >= 0.6 is 23.2 Å². The molecule has 12 heteroatoms. The summed E-state index contributed by atoms with van der Waals surface area (Å²) in [7, 11) is -3.89. The molecule has 0 aliphatic rings. The molecule has 0 aliphatic carbocycles. The second-order valence-electron chi connectivity index (χ2n) is 6.50. The maximum absolute atomic E-state index is 12.5. The van der Waals surface area contributed by atoms with Crippen LogP contribution in [0.3, 0.4) is 0 Å². The molecule has 0 unspecified atom stereocenters. The van der Waals surface area contributed by atoms with Crippen molar-refractivity contribution >= 4 is 50.6 Å². The van der Waals surface area contributed by atoms with Crippen molar-refractivity contribution < 1.29 is 13.2 Å². The van der Waals surface area contributed by atoms with Crippen LogP contribution in [0.4, 0.5) is 11.5 Å². The molecule has 3 N–H and O–H groups in total. The van der Waals surface area contributed by atoms with E-state index in [0.717, 1.165) is 5.56 Å². The third-order valence-corrected chi connectivity index (χ3v) is 6.08. The van der Waals surface area contributed by atoms with Gasteiger partial charge in [-0.2, -0.15) is 5.10 Å². The Hall–Kier alpha value is -3.47. The van der Waals surface area contributed by atoms with E-state index in [1.54, 1.807) is 30.3 Å². The highest BCUT2D eigenvalue weighted by Gasteiger charge is 2.16. The quantitative estimate of drug-likeness (QED) is 0.372. The van der Waals surface area contributed by atoms with Gasteiger partial charge < -0.3 is 5.32 Å². The minimum atomic E-state index is -3.89. The highest BCUT2D eigenvalue weighted by molar-refractivity contribution is 7.92. The number of halogens is 2. The van der Waals surface area contributed by atoms with E-state index in [2.05, 4.69) is 30.4 Å². The molecule has 1 amide bonds. The Morgan fingerprint density at radius 1 is 0.906 bits per heavy atom. The van der Waals surface area contributed by atoms with Crippen LogP contribution in [-0.4, -0.2) is 34.7 Å². The molecule has 0 aliphatic heterocycles. The van der Waals surface area contributed by atoms with Crippen molar-refractivity contribution in [3.05, 3.63) is 82.6 Å². The number of aromatic amines is 1. The van der Waals surface area contributed by atoms with Gasteiger partial charge in [0.1, 0.15) is 5.69 Å². The number of H-pyrrole nitrogens is 1. The molecule has 2 heterocycles. The standard InChI is InChI=1S/C20H14Cl2N6O3S/c21-13-3-1-12(2-4-13)16-11-17(25-24-16)20(29)23-14-5-7-15(8-6-14)32(30,31)28-19-10-9-18(22)26-27-19/h1-11H,(H,23,29)(H,24,25)(H,27,28). The Labute approximate surface area is 192 Å². The molecule has 2 aromatic carbocycles. The Kier molecular flexibility index (Phi) is 6.08. The fourth-order valence-corrected chi connectivity index (χ4v) is 3.91. The second-order valence-corrected chi connectivity index (χ2v) is 9.01. The number of sulfonamides is 1. The van der Waals surface area contributed by atoms with E-state index in [-0.39, 0.29) is 21.6 Å². The molecule has 9 nitrogen and oxygen atoms in total. The molecule has 0 saturated carbocycles. The van der Waals surface area contributed by atoms with Gasteiger partial charge in [-0.15, -0.1) is 10.2 Å². The zero-order valence-corrected chi connectivity index (χ0v) is 18.4. The normalized spacial score (nSPS) is 11.2. The summed E-state index contributed by atoms with van der Waals surface area (Å²) in [6.45, 7) is 0. The van der Waals surface area contributed by atoms with Gasteiger partial charge in [0.05, 0.1) is 10.6 Å². The van der Waals surface area contributed by atoms with Crippen molar-refractivity contribution in [2.75, 3.05) is 10.0 Å². The molecule has 32 heavy (non-hydrogen) atoms. The van der Waals surface area contributed by atoms with Crippen molar-refractivity contribution in [3.8, 4) is 11.3 Å². The van der Waals surface area contributed by atoms with E-state index in [9.17, 15) is 13.2 Å². The van der Waals surface area contributed by atoms with Crippen LogP contribution in [0.5, 0.6) is 0 Å². The molecule has 4 aromatic rings. The molecule has 0 atom stereocenters. The minimum Gasteiger partial charge on any atom is -0.321 e. The summed E-state index contributed by atoms with van der Waals surface area (Å²) in [4.78, 5) is 12.5. The van der Waals surface area contributed by atoms with Crippen LogP contribution < -0.4 is 10.0 Å². The smallest absolute Gasteiger partial charge is 0.273 e. The average Bonchev–Trinajstić information content (AvgIpc) is 3.27. The highest BCUT2D eigenvalue weighted by Crippen LogP contribution is 2.21. The summed E-state index contributed by atoms with van der Waals surface area (Å²) in [5.74, 6) is -0.398. The maximum Gasteiger partial charge on any atom is 0.273 e. The lowest BCUT2D eigenvalue weighted by molar-refractivity contribution is 0.102. The van der Waals surface area contributed by atoms with Gasteiger partial charge in [0.15, 0.2) is 11.0 Å². The third kappa shape index (κ3) is 5.05. The topological polar surface area (TPSA) is 130 Å². The van der Waals surface area contributed by atoms with Crippen molar-refractivity contribution in [2.24, 2.45) is 0 Å². The lowest BCUT2D eigenvalue weighted by Gasteiger charge is -2.08. The van der Waals surface area contributed by atoms with Gasteiger partial charge in [-0.05, 0) is 54.6 Å². The lowest BCUT2D eigenvalue weighted by Crippen LogP contribution is -2.15. The largest absolute Gasteiger partial charge is 0.321 e. The van der Waals surface area contributed by atoms with Gasteiger partial charge in [-0.25, -0.2) is 8.42 Å². The summed E-state index contributed by atoms with van der Waals surface area (Å²) in [6, 6.07) is 17.1. The Balaban J connectivity index is 1.43. The van der Waals surface area contributed by atoms with Gasteiger partial charge in [0, 0.05) is 16.3 Å². The first-order chi connectivity index (χ1) is 15.3. The number of nitrogens with zero attached hydrogens (tertiary/aromatic N) is 3. The molecule has 0 spiro atoms. The van der Waals surface area contributed by atoms with Crippen LogP contribution in [0.1, 0.15) is 10.5 Å². The fraction of sp³-hybridized carbons (Fsp3) is 0. The molecule has 0 radical (unpaired) electrons. The Bertz CT molecular complexity index is 1360. The van der Waals surface area contributed by atoms with Crippen LogP contribution in [0, 0.1) is 0 Å². The lowest BCUT2D eigenvalue weighted by atomic mass is 10.1. The predicted octanol–water partition coefficient (Wildman–Crippen LogP) is 4.23. The van der Waals surface area contributed by atoms with E-state index in [4.69, 9.17) is 23.2 Å². The number of aromatic nitrogens is 4. The molecule has 0 fully saturated rings. The van der Waals surface area contributed by atoms with E-state index in [1.165, 1.54) is 36.4 Å². The third-order valence-electron chi connectivity index (χ3n) is 4.26. The molecule has 0 saturated heterocycles. The molecule has 4 rings (SSSR count). The number of carbonyl (C=O) groups excluding carboxylic acids is 1. The number of amides is 1. The summed E-state index contributed by atoms with van der Waals surface area (Å²) < 4.78 is 27.3. The van der Waals surface area contributed by atoms with Crippen molar-refractivity contribution in [2.45, 2.75) is 4.90 Å². The average molecular weight is 489 g/mol. The molecule has 162 valence electrons. The Morgan fingerprint density at radius 3 is 2.28 bits per heavy atom. The van der Waals surface area contributed by atoms with E-state index in [0.29, 0.717) is 16.4 Å². The molecule has 0 bridgehead atoms. The summed E-state index contributed by atoms with van der Waals surface area (Å²) in [6.07, 6.45) is 0. The van der Waals surface area contributed by atoms with Gasteiger partial charge in [-0.1, -0.05) is 35.3 Å². The molecular weight excluding hydrogens is 475 g/mol. The fourth-order valence-electron chi connectivity index (χ4n) is 2.69. The zero-order chi connectivity index (χ0) is 22.7. The highest BCUT2D eigenvalue weighted by atomic mass is 35.5. The van der Waals surface area contributed by atoms with Crippen LogP contribution in [-0.2, 0) is 10.0 Å². The van der Waals surface area contributed by atoms with Crippen LogP contribution in [0.2, 0.25) is 10.2 Å². The van der Waals surface area contributed by atoms with Crippen molar-refractivity contribution in [1.29, 1.82) is 0 Å². The van der Waals surface area contributed by atoms with E-state index < -0.39 is 15.9 Å². The van der Waals surface area contributed by atoms with E-state index in [1.807, 2.05) is 0 Å². The maximum atomic E-state index is 12.5. The summed E-state index contributed by atoms with van der Waals surface area (Å²) >= 11 is 11.5. The second kappa shape index (κ2) is 8.95. The summed E-state index contributed by atoms with van der Waals surface area (Å²) in [5, 5.41) is 17.5. The number of benzene rings is 2. The number of nitrogens with one attached hydrogen (secondary N) is 3. The van der Waals surface area contributed by atoms with Crippen LogP contribution in [0.25, 0.3) is 11.3 Å². The predicted molar refractivity (Wildman–Crippen MR) is 121 cm³/mol. The number of rotatable bonds is 6. The first-order valence-electron chi connectivity index (χ1n) is 9.05. The summed E-state index contributed by atoms with van der Waals surface area (Å²) in [5.41, 5.74) is 2.04. The molecular formula is C20H14Cl2N6O3S. The van der Waals surface area contributed by atoms with Crippen molar-refractivity contribution in [3.63, 3.8) is 0 Å². The monoisotopic (exact) mass is 488 g/mol. The van der Waals surface area contributed by atoms with Gasteiger partial charge in [-0.3, -0.25) is 14.6 Å². The van der Waals surface area contributed by atoms with Crippen molar-refractivity contribution in [1.82, 2.24) is 20.4 Å². The van der Waals surface area contributed by atoms with Gasteiger partial charge in [0.25, 0.3) is 15.9 Å². The Morgan fingerprint density at radius 2 is 1.62 bits per heavy atom. The number of hydrogen-bond acceptors (Lipinski definition) is 6. The number of anilines is 2. The zero-order valence-electron chi connectivity index (χ0n) is 16.1. The van der Waals surface area contributed by atoms with Gasteiger partial charge in [0.2, 0.25) is 0 Å². The molecule has 2 aromatic heterocycles. The van der Waals surface area contributed by atoms with Gasteiger partial charge >= 0.3 is 0 Å². The van der Waals surface area contributed by atoms with E-state index >= 15 is 0 Å². The SMILES string of the molecule is O=C(Nc1ccc(S(=O)(=O)Nc2ccc(Cl)nn2)cc1)c1cc(-c2ccc(Cl)cc2)n[nH]1.